The Balaban J connectivity index is 1.83. The molecule has 0 aliphatic heterocycles. The van der Waals surface area contributed by atoms with Gasteiger partial charge in [0, 0.05) is 6.54 Å². The number of ether oxygens (including phenoxy) is 2. The number of nitrogens with one attached hydrogen (secondary N) is 1. The van der Waals surface area contributed by atoms with Crippen LogP contribution < -0.4 is 10.1 Å². The van der Waals surface area contributed by atoms with E-state index in [-0.39, 0.29) is 18.5 Å². The van der Waals surface area contributed by atoms with Gasteiger partial charge in [-0.05, 0) is 48.7 Å². The summed E-state index contributed by atoms with van der Waals surface area (Å²) in [5.41, 5.74) is 3.52. The molecule has 0 heterocycles. The van der Waals surface area contributed by atoms with Crippen molar-refractivity contribution in [2.75, 3.05) is 13.7 Å². The minimum absolute atomic E-state index is 0.0372. The van der Waals surface area contributed by atoms with Crippen molar-refractivity contribution in [1.29, 1.82) is 0 Å². The van der Waals surface area contributed by atoms with Gasteiger partial charge in [0.25, 0.3) is 5.91 Å². The second-order valence-electron chi connectivity index (χ2n) is 5.45. The first-order chi connectivity index (χ1) is 11.5. The van der Waals surface area contributed by atoms with Gasteiger partial charge in [0.05, 0.1) is 12.7 Å². The molecule has 2 aromatic carbocycles. The first-order valence-corrected chi connectivity index (χ1v) is 7.64. The molecule has 0 aliphatic rings. The molecule has 5 heteroatoms. The van der Waals surface area contributed by atoms with Gasteiger partial charge in [-0.25, -0.2) is 4.79 Å². The van der Waals surface area contributed by atoms with Gasteiger partial charge in [-0.3, -0.25) is 4.79 Å². The zero-order valence-corrected chi connectivity index (χ0v) is 14.1. The summed E-state index contributed by atoms with van der Waals surface area (Å²) in [6, 6.07) is 12.6. The van der Waals surface area contributed by atoms with E-state index >= 15 is 0 Å². The highest BCUT2D eigenvalue weighted by Crippen LogP contribution is 2.20. The predicted molar refractivity (Wildman–Crippen MR) is 91.0 cm³/mol. The predicted octanol–water partition coefficient (Wildman–Crippen LogP) is 2.79. The lowest BCUT2D eigenvalue weighted by Crippen LogP contribution is -2.28. The van der Waals surface area contributed by atoms with Gasteiger partial charge in [0.1, 0.15) is 5.75 Å². The van der Waals surface area contributed by atoms with Gasteiger partial charge in [0.2, 0.25) is 0 Å². The number of esters is 1. The monoisotopic (exact) mass is 327 g/mol. The number of hydrogen-bond donors (Lipinski definition) is 1. The first-order valence-electron chi connectivity index (χ1n) is 7.64. The van der Waals surface area contributed by atoms with E-state index in [1.807, 2.05) is 32.0 Å². The number of carbonyl (C=O) groups is 2. The van der Waals surface area contributed by atoms with Gasteiger partial charge < -0.3 is 14.8 Å². The zero-order chi connectivity index (χ0) is 17.5. The average Bonchev–Trinajstić information content (AvgIpc) is 2.61. The van der Waals surface area contributed by atoms with Crippen molar-refractivity contribution in [2.45, 2.75) is 20.4 Å². The van der Waals surface area contributed by atoms with Crippen molar-refractivity contribution in [2.24, 2.45) is 0 Å². The maximum absolute atomic E-state index is 11.9. The van der Waals surface area contributed by atoms with Crippen LogP contribution in [0.4, 0.5) is 0 Å². The Kier molecular flexibility index (Phi) is 5.95. The van der Waals surface area contributed by atoms with Crippen LogP contribution >= 0.6 is 0 Å². The largest absolute Gasteiger partial charge is 0.483 e. The second-order valence-corrected chi connectivity index (χ2v) is 5.45. The normalized spacial score (nSPS) is 10.1. The van der Waals surface area contributed by atoms with E-state index in [0.717, 1.165) is 16.7 Å². The van der Waals surface area contributed by atoms with E-state index in [4.69, 9.17) is 4.74 Å². The molecule has 2 aromatic rings. The number of amides is 1. The molecule has 0 saturated carbocycles. The van der Waals surface area contributed by atoms with E-state index < -0.39 is 0 Å². The summed E-state index contributed by atoms with van der Waals surface area (Å²) in [6.07, 6.45) is 0. The van der Waals surface area contributed by atoms with Crippen LogP contribution in [-0.2, 0) is 16.1 Å². The molecule has 2 rings (SSSR count). The Hall–Kier alpha value is -2.82. The maximum atomic E-state index is 11.9. The summed E-state index contributed by atoms with van der Waals surface area (Å²) < 4.78 is 10.2. The molecule has 1 N–H and O–H groups in total. The number of carbonyl (C=O) groups excluding carboxylic acids is 2. The molecule has 1 amide bonds. The SMILES string of the molecule is COC(=O)c1ccc(CNC(=O)COc2cccc(C)c2C)cc1. The molecular formula is C19H21NO4. The first kappa shape index (κ1) is 17.5. The summed E-state index contributed by atoms with van der Waals surface area (Å²) in [4.78, 5) is 23.3. The number of rotatable bonds is 6. The van der Waals surface area contributed by atoms with Crippen LogP contribution in [0.1, 0.15) is 27.0 Å². The zero-order valence-electron chi connectivity index (χ0n) is 14.1. The Morgan fingerprint density at radius 2 is 1.75 bits per heavy atom. The van der Waals surface area contributed by atoms with E-state index in [1.165, 1.54) is 7.11 Å². The lowest BCUT2D eigenvalue weighted by atomic mass is 10.1. The van der Waals surface area contributed by atoms with Crippen LogP contribution in [0.3, 0.4) is 0 Å². The topological polar surface area (TPSA) is 64.6 Å². The van der Waals surface area contributed by atoms with Crippen molar-refractivity contribution < 1.29 is 19.1 Å². The van der Waals surface area contributed by atoms with Gasteiger partial charge in [-0.1, -0.05) is 24.3 Å². The molecule has 0 saturated heterocycles. The average molecular weight is 327 g/mol. The van der Waals surface area contributed by atoms with Crippen LogP contribution in [0.5, 0.6) is 5.75 Å². The quantitative estimate of drug-likeness (QED) is 0.829. The number of benzene rings is 2. The van der Waals surface area contributed by atoms with E-state index in [0.29, 0.717) is 17.9 Å². The smallest absolute Gasteiger partial charge is 0.337 e. The van der Waals surface area contributed by atoms with Crippen LogP contribution in [0.15, 0.2) is 42.5 Å². The highest BCUT2D eigenvalue weighted by Gasteiger charge is 2.07. The number of aryl methyl sites for hydroxylation is 1. The Morgan fingerprint density at radius 3 is 2.42 bits per heavy atom. The third kappa shape index (κ3) is 4.59. The van der Waals surface area contributed by atoms with E-state index in [2.05, 4.69) is 10.1 Å². The molecule has 24 heavy (non-hydrogen) atoms. The van der Waals surface area contributed by atoms with Gasteiger partial charge >= 0.3 is 5.97 Å². The van der Waals surface area contributed by atoms with Crippen LogP contribution in [0.2, 0.25) is 0 Å². The molecule has 0 spiro atoms. The third-order valence-corrected chi connectivity index (χ3v) is 3.78. The molecular weight excluding hydrogens is 306 g/mol. The molecule has 0 aromatic heterocycles. The second kappa shape index (κ2) is 8.15. The molecule has 5 nitrogen and oxygen atoms in total. The Bertz CT molecular complexity index is 723. The summed E-state index contributed by atoms with van der Waals surface area (Å²) >= 11 is 0. The number of hydrogen-bond acceptors (Lipinski definition) is 4. The number of methoxy groups -OCH3 is 1. The summed E-state index contributed by atoms with van der Waals surface area (Å²) in [5.74, 6) is 0.132. The molecule has 0 unspecified atom stereocenters. The molecule has 126 valence electrons. The minimum Gasteiger partial charge on any atom is -0.483 e. The molecule has 0 bridgehead atoms. The lowest BCUT2D eigenvalue weighted by molar-refractivity contribution is -0.123. The molecule has 0 aliphatic carbocycles. The van der Waals surface area contributed by atoms with Gasteiger partial charge in [-0.2, -0.15) is 0 Å². The van der Waals surface area contributed by atoms with Crippen molar-refractivity contribution in [3.8, 4) is 5.75 Å². The van der Waals surface area contributed by atoms with Crippen molar-refractivity contribution in [1.82, 2.24) is 5.32 Å². The Labute approximate surface area is 141 Å². The van der Waals surface area contributed by atoms with Crippen LogP contribution in [-0.4, -0.2) is 25.6 Å². The molecule has 0 atom stereocenters. The van der Waals surface area contributed by atoms with Gasteiger partial charge in [0.15, 0.2) is 6.61 Å². The minimum atomic E-state index is -0.382. The van der Waals surface area contributed by atoms with E-state index in [9.17, 15) is 9.59 Å². The third-order valence-electron chi connectivity index (χ3n) is 3.78. The van der Waals surface area contributed by atoms with Crippen LogP contribution in [0.25, 0.3) is 0 Å². The molecule has 0 radical (unpaired) electrons. The Morgan fingerprint density at radius 1 is 1.04 bits per heavy atom. The van der Waals surface area contributed by atoms with Crippen molar-refractivity contribution in [3.63, 3.8) is 0 Å². The molecule has 0 fully saturated rings. The van der Waals surface area contributed by atoms with Crippen molar-refractivity contribution >= 4 is 11.9 Å². The fourth-order valence-corrected chi connectivity index (χ4v) is 2.15. The fourth-order valence-electron chi connectivity index (χ4n) is 2.15. The lowest BCUT2D eigenvalue weighted by Gasteiger charge is -2.11. The summed E-state index contributed by atoms with van der Waals surface area (Å²) in [6.45, 7) is 4.30. The van der Waals surface area contributed by atoms with Crippen molar-refractivity contribution in [3.05, 3.63) is 64.7 Å². The highest BCUT2D eigenvalue weighted by atomic mass is 16.5. The van der Waals surface area contributed by atoms with E-state index in [1.54, 1.807) is 24.3 Å². The summed E-state index contributed by atoms with van der Waals surface area (Å²) in [5, 5.41) is 2.79. The standard InChI is InChI=1S/C19H21NO4/c1-13-5-4-6-17(14(13)2)24-12-18(21)20-11-15-7-9-16(10-8-15)19(22)23-3/h4-10H,11-12H2,1-3H3,(H,20,21). The summed E-state index contributed by atoms with van der Waals surface area (Å²) in [7, 11) is 1.34. The van der Waals surface area contributed by atoms with Crippen LogP contribution in [0, 0.1) is 13.8 Å². The van der Waals surface area contributed by atoms with Gasteiger partial charge in [-0.15, -0.1) is 0 Å². The maximum Gasteiger partial charge on any atom is 0.337 e. The highest BCUT2D eigenvalue weighted by molar-refractivity contribution is 5.89. The fraction of sp³-hybridized carbons (Fsp3) is 0.263.